The predicted molar refractivity (Wildman–Crippen MR) is 75.8 cm³/mol. The number of nitrogens with zero attached hydrogens (tertiary/aromatic N) is 1. The highest BCUT2D eigenvalue weighted by molar-refractivity contribution is 7.16. The third kappa shape index (κ3) is 1.64. The highest BCUT2D eigenvalue weighted by atomic mass is 32.1. The maximum Gasteiger partial charge on any atom is 0.0890 e. The molecule has 1 nitrogen and oxygen atoms in total. The van der Waals surface area contributed by atoms with Crippen molar-refractivity contribution in [3.8, 4) is 0 Å². The number of hydrogen-bond acceptors (Lipinski definition) is 2. The molecule has 0 N–H and O–H groups in total. The molecule has 0 saturated heterocycles. The molecule has 0 bridgehead atoms. The van der Waals surface area contributed by atoms with Crippen LogP contribution in [0, 0.1) is 0 Å². The van der Waals surface area contributed by atoms with Gasteiger partial charge in [-0.3, -0.25) is 0 Å². The van der Waals surface area contributed by atoms with E-state index in [1.165, 1.54) is 21.0 Å². The molecule has 2 heteroatoms. The van der Waals surface area contributed by atoms with Gasteiger partial charge in [0, 0.05) is 5.39 Å². The van der Waals surface area contributed by atoms with E-state index in [1.54, 1.807) is 11.3 Å². The topological polar surface area (TPSA) is 12.9 Å². The molecule has 0 atom stereocenters. The van der Waals surface area contributed by atoms with Gasteiger partial charge in [0.15, 0.2) is 0 Å². The highest BCUT2D eigenvalue weighted by Crippen LogP contribution is 2.35. The van der Waals surface area contributed by atoms with Crippen molar-refractivity contribution in [1.82, 2.24) is 4.98 Å². The van der Waals surface area contributed by atoms with E-state index < -0.39 is 0 Å². The number of benzene rings is 2. The van der Waals surface area contributed by atoms with E-state index in [4.69, 9.17) is 0 Å². The van der Waals surface area contributed by atoms with Crippen LogP contribution in [0.3, 0.4) is 0 Å². The lowest BCUT2D eigenvalue weighted by atomic mass is 9.83. The average molecular weight is 241 g/mol. The van der Waals surface area contributed by atoms with Gasteiger partial charge in [-0.1, -0.05) is 45.0 Å². The van der Waals surface area contributed by atoms with E-state index >= 15 is 0 Å². The van der Waals surface area contributed by atoms with Crippen molar-refractivity contribution in [2.45, 2.75) is 26.2 Å². The van der Waals surface area contributed by atoms with E-state index in [0.717, 1.165) is 5.52 Å². The van der Waals surface area contributed by atoms with Crippen LogP contribution in [-0.4, -0.2) is 4.98 Å². The highest BCUT2D eigenvalue weighted by Gasteiger charge is 2.18. The molecule has 3 aromatic rings. The lowest BCUT2D eigenvalue weighted by Crippen LogP contribution is -2.11. The van der Waals surface area contributed by atoms with Gasteiger partial charge in [0.05, 0.1) is 15.7 Å². The first-order chi connectivity index (χ1) is 8.07. The molecule has 0 aliphatic carbocycles. The van der Waals surface area contributed by atoms with E-state index in [-0.39, 0.29) is 5.41 Å². The van der Waals surface area contributed by atoms with Gasteiger partial charge in [-0.25, -0.2) is 4.98 Å². The van der Waals surface area contributed by atoms with E-state index in [1.807, 2.05) is 5.51 Å². The molecule has 3 rings (SSSR count). The molecule has 0 unspecified atom stereocenters. The number of fused-ring (bicyclic) bond motifs is 3. The molecule has 17 heavy (non-hydrogen) atoms. The summed E-state index contributed by atoms with van der Waals surface area (Å²) in [5, 5.41) is 2.61. The molecule has 0 amide bonds. The minimum absolute atomic E-state index is 0.164. The lowest BCUT2D eigenvalue weighted by Gasteiger charge is -2.21. The molecular weight excluding hydrogens is 226 g/mol. The van der Waals surface area contributed by atoms with Gasteiger partial charge >= 0.3 is 0 Å². The second kappa shape index (κ2) is 3.54. The number of thiazole rings is 1. The zero-order valence-electron chi connectivity index (χ0n) is 10.3. The maximum atomic E-state index is 4.49. The van der Waals surface area contributed by atoms with Gasteiger partial charge in [-0.05, 0) is 22.4 Å². The molecule has 0 spiro atoms. The molecule has 1 heterocycles. The SMILES string of the molecule is CC(C)(C)c1cc2scnc2c2ccccc12. The van der Waals surface area contributed by atoms with Crippen molar-refractivity contribution in [2.24, 2.45) is 0 Å². The summed E-state index contributed by atoms with van der Waals surface area (Å²) in [6.45, 7) is 6.80. The fraction of sp³-hybridized carbons (Fsp3) is 0.267. The molecule has 0 aliphatic rings. The fourth-order valence-electron chi connectivity index (χ4n) is 2.31. The van der Waals surface area contributed by atoms with E-state index in [0.29, 0.717) is 0 Å². The number of aromatic nitrogens is 1. The largest absolute Gasteiger partial charge is 0.244 e. The molecule has 0 saturated carbocycles. The van der Waals surface area contributed by atoms with E-state index in [9.17, 15) is 0 Å². The number of hydrogen-bond donors (Lipinski definition) is 0. The first-order valence-electron chi connectivity index (χ1n) is 5.83. The van der Waals surface area contributed by atoms with Crippen LogP contribution in [0.4, 0.5) is 0 Å². The van der Waals surface area contributed by atoms with Crippen LogP contribution in [-0.2, 0) is 5.41 Å². The van der Waals surface area contributed by atoms with Crippen LogP contribution < -0.4 is 0 Å². The van der Waals surface area contributed by atoms with Crippen LogP contribution in [0.25, 0.3) is 21.0 Å². The van der Waals surface area contributed by atoms with Gasteiger partial charge in [0.1, 0.15) is 0 Å². The van der Waals surface area contributed by atoms with Gasteiger partial charge in [-0.2, -0.15) is 0 Å². The summed E-state index contributed by atoms with van der Waals surface area (Å²) in [5.74, 6) is 0. The summed E-state index contributed by atoms with van der Waals surface area (Å²) >= 11 is 1.72. The third-order valence-corrected chi connectivity index (χ3v) is 3.93. The van der Waals surface area contributed by atoms with Gasteiger partial charge in [0.25, 0.3) is 0 Å². The first kappa shape index (κ1) is 10.7. The Morgan fingerprint density at radius 2 is 1.76 bits per heavy atom. The zero-order valence-corrected chi connectivity index (χ0v) is 11.1. The Hall–Kier alpha value is -1.41. The summed E-state index contributed by atoms with van der Waals surface area (Å²) in [6.07, 6.45) is 0. The third-order valence-electron chi connectivity index (χ3n) is 3.15. The Labute approximate surface area is 105 Å². The van der Waals surface area contributed by atoms with Crippen LogP contribution in [0.2, 0.25) is 0 Å². The molecule has 86 valence electrons. The fourth-order valence-corrected chi connectivity index (χ4v) is 3.05. The smallest absolute Gasteiger partial charge is 0.0890 e. The summed E-state index contributed by atoms with van der Waals surface area (Å²) in [6, 6.07) is 10.9. The molecule has 0 fully saturated rings. The summed E-state index contributed by atoms with van der Waals surface area (Å²) in [4.78, 5) is 4.49. The van der Waals surface area contributed by atoms with Crippen molar-refractivity contribution < 1.29 is 0 Å². The Morgan fingerprint density at radius 1 is 1.06 bits per heavy atom. The Morgan fingerprint density at radius 3 is 2.47 bits per heavy atom. The quantitative estimate of drug-likeness (QED) is 0.553. The Bertz CT molecular complexity index is 689. The van der Waals surface area contributed by atoms with Gasteiger partial charge < -0.3 is 0 Å². The summed E-state index contributed by atoms with van der Waals surface area (Å²) < 4.78 is 1.29. The molecule has 2 aromatic carbocycles. The van der Waals surface area contributed by atoms with Gasteiger partial charge in [-0.15, -0.1) is 11.3 Å². The number of rotatable bonds is 0. The average Bonchev–Trinajstić information content (AvgIpc) is 2.74. The van der Waals surface area contributed by atoms with E-state index in [2.05, 4.69) is 56.1 Å². The minimum Gasteiger partial charge on any atom is -0.244 e. The van der Waals surface area contributed by atoms with Crippen molar-refractivity contribution in [2.75, 3.05) is 0 Å². The van der Waals surface area contributed by atoms with Crippen LogP contribution >= 0.6 is 11.3 Å². The predicted octanol–water partition coefficient (Wildman–Crippen LogP) is 4.75. The van der Waals surface area contributed by atoms with Crippen molar-refractivity contribution >= 4 is 32.3 Å². The van der Waals surface area contributed by atoms with Crippen molar-refractivity contribution in [3.63, 3.8) is 0 Å². The molecule has 1 aromatic heterocycles. The summed E-state index contributed by atoms with van der Waals surface area (Å²) in [5.41, 5.74) is 4.64. The lowest BCUT2D eigenvalue weighted by molar-refractivity contribution is 0.596. The molecule has 0 aliphatic heterocycles. The van der Waals surface area contributed by atoms with Crippen LogP contribution in [0.1, 0.15) is 26.3 Å². The minimum atomic E-state index is 0.164. The first-order valence-corrected chi connectivity index (χ1v) is 6.71. The van der Waals surface area contributed by atoms with Crippen LogP contribution in [0.15, 0.2) is 35.8 Å². The molecular formula is C15H15NS. The second-order valence-corrected chi connectivity index (χ2v) is 6.31. The maximum absolute atomic E-state index is 4.49. The standard InChI is InChI=1S/C15H15NS/c1-15(2,3)12-8-13-14(16-9-17-13)11-7-5-4-6-10(11)12/h4-9H,1-3H3. The molecule has 0 radical (unpaired) electrons. The Balaban J connectivity index is 2.54. The monoisotopic (exact) mass is 241 g/mol. The van der Waals surface area contributed by atoms with Crippen molar-refractivity contribution in [1.29, 1.82) is 0 Å². The normalized spacial score (nSPS) is 12.4. The summed E-state index contributed by atoms with van der Waals surface area (Å²) in [7, 11) is 0. The van der Waals surface area contributed by atoms with Crippen molar-refractivity contribution in [3.05, 3.63) is 41.4 Å². The second-order valence-electron chi connectivity index (χ2n) is 5.42. The van der Waals surface area contributed by atoms with Crippen LogP contribution in [0.5, 0.6) is 0 Å². The Kier molecular flexibility index (Phi) is 2.23. The zero-order chi connectivity index (χ0) is 12.0. The van der Waals surface area contributed by atoms with Gasteiger partial charge in [0.2, 0.25) is 0 Å².